The summed E-state index contributed by atoms with van der Waals surface area (Å²) in [7, 11) is 1.82. The molecule has 1 aliphatic heterocycles. The first-order valence-electron chi connectivity index (χ1n) is 9.40. The molecule has 2 aromatic rings. The fourth-order valence-electron chi connectivity index (χ4n) is 3.29. The number of ether oxygens (including phenoxy) is 1. The minimum Gasteiger partial charge on any atom is -0.484 e. The quantitative estimate of drug-likeness (QED) is 0.787. The number of piperidine rings is 1. The van der Waals surface area contributed by atoms with Crippen molar-refractivity contribution in [2.24, 2.45) is 0 Å². The monoisotopic (exact) mass is 352 g/mol. The molecule has 2 aromatic carbocycles. The van der Waals surface area contributed by atoms with Crippen LogP contribution in [0.25, 0.3) is 0 Å². The van der Waals surface area contributed by atoms with Gasteiger partial charge in [-0.05, 0) is 55.5 Å². The molecule has 0 aromatic heterocycles. The molecule has 4 nitrogen and oxygen atoms in total. The first-order valence-corrected chi connectivity index (χ1v) is 9.40. The number of hydrogen-bond acceptors (Lipinski definition) is 3. The van der Waals surface area contributed by atoms with Crippen molar-refractivity contribution in [2.45, 2.75) is 32.7 Å². The lowest BCUT2D eigenvalue weighted by atomic mass is 10.1. The summed E-state index contributed by atoms with van der Waals surface area (Å²) < 4.78 is 5.66. The van der Waals surface area contributed by atoms with E-state index in [0.717, 1.165) is 30.0 Å². The number of nitrogens with zero attached hydrogens (tertiary/aromatic N) is 2. The first kappa shape index (κ1) is 18.3. The lowest BCUT2D eigenvalue weighted by Gasteiger charge is -2.29. The minimum absolute atomic E-state index is 0.0200. The zero-order valence-electron chi connectivity index (χ0n) is 15.8. The smallest absolute Gasteiger partial charge is 0.260 e. The Morgan fingerprint density at radius 2 is 1.73 bits per heavy atom. The highest BCUT2D eigenvalue weighted by Crippen LogP contribution is 2.21. The van der Waals surface area contributed by atoms with E-state index in [2.05, 4.69) is 29.2 Å². The minimum atomic E-state index is -0.0200. The summed E-state index contributed by atoms with van der Waals surface area (Å²) >= 11 is 0. The predicted octanol–water partition coefficient (Wildman–Crippen LogP) is 4.02. The zero-order valence-corrected chi connectivity index (χ0v) is 15.8. The van der Waals surface area contributed by atoms with Crippen LogP contribution in [0.2, 0.25) is 0 Å². The van der Waals surface area contributed by atoms with Crippen LogP contribution in [-0.2, 0) is 11.3 Å². The number of anilines is 1. The molecule has 1 saturated heterocycles. The van der Waals surface area contributed by atoms with Crippen LogP contribution < -0.4 is 9.64 Å². The van der Waals surface area contributed by atoms with Gasteiger partial charge in [0.15, 0.2) is 6.61 Å². The van der Waals surface area contributed by atoms with E-state index >= 15 is 0 Å². The molecule has 0 saturated carbocycles. The molecule has 0 aliphatic carbocycles. The van der Waals surface area contributed by atoms with Crippen molar-refractivity contribution in [1.82, 2.24) is 4.90 Å². The van der Waals surface area contributed by atoms with Gasteiger partial charge in [-0.1, -0.05) is 30.3 Å². The molecule has 0 unspecified atom stereocenters. The van der Waals surface area contributed by atoms with Gasteiger partial charge >= 0.3 is 0 Å². The summed E-state index contributed by atoms with van der Waals surface area (Å²) in [5.74, 6) is 0.744. The van der Waals surface area contributed by atoms with Gasteiger partial charge in [0, 0.05) is 32.4 Å². The standard InChI is InChI=1S/C22H28N2O2/c1-18-8-4-5-9-21(18)26-17-22(25)23(2)16-19-10-12-20(13-11-19)24-14-6-3-7-15-24/h4-5,8-13H,3,6-7,14-17H2,1-2H3. The third-order valence-corrected chi connectivity index (χ3v) is 4.95. The molecule has 1 heterocycles. The van der Waals surface area contributed by atoms with Gasteiger partial charge < -0.3 is 14.5 Å². The Kier molecular flexibility index (Phi) is 6.16. The summed E-state index contributed by atoms with van der Waals surface area (Å²) in [6, 6.07) is 16.3. The predicted molar refractivity (Wildman–Crippen MR) is 106 cm³/mol. The Hall–Kier alpha value is -2.49. The molecular weight excluding hydrogens is 324 g/mol. The van der Waals surface area contributed by atoms with Crippen LogP contribution in [0.5, 0.6) is 5.75 Å². The molecule has 1 amide bonds. The van der Waals surface area contributed by atoms with E-state index < -0.39 is 0 Å². The number of para-hydroxylation sites is 1. The van der Waals surface area contributed by atoms with E-state index in [1.807, 2.05) is 38.2 Å². The van der Waals surface area contributed by atoms with Gasteiger partial charge in [-0.2, -0.15) is 0 Å². The van der Waals surface area contributed by atoms with Crippen LogP contribution in [0.1, 0.15) is 30.4 Å². The Morgan fingerprint density at radius 3 is 2.42 bits per heavy atom. The molecule has 1 aliphatic rings. The second kappa shape index (κ2) is 8.75. The molecule has 0 radical (unpaired) electrons. The molecule has 3 rings (SSSR count). The number of carbonyl (C=O) groups is 1. The Labute approximate surface area is 156 Å². The topological polar surface area (TPSA) is 32.8 Å². The van der Waals surface area contributed by atoms with Crippen molar-refractivity contribution >= 4 is 11.6 Å². The summed E-state index contributed by atoms with van der Waals surface area (Å²) in [5.41, 5.74) is 3.46. The Bertz CT molecular complexity index is 721. The molecule has 0 N–H and O–H groups in total. The van der Waals surface area contributed by atoms with Crippen molar-refractivity contribution in [3.8, 4) is 5.75 Å². The highest BCUT2D eigenvalue weighted by Gasteiger charge is 2.13. The van der Waals surface area contributed by atoms with Gasteiger partial charge in [0.25, 0.3) is 5.91 Å². The van der Waals surface area contributed by atoms with Crippen molar-refractivity contribution in [1.29, 1.82) is 0 Å². The van der Waals surface area contributed by atoms with E-state index in [0.29, 0.717) is 6.54 Å². The maximum absolute atomic E-state index is 12.3. The molecule has 0 spiro atoms. The van der Waals surface area contributed by atoms with Gasteiger partial charge in [-0.15, -0.1) is 0 Å². The van der Waals surface area contributed by atoms with Crippen LogP contribution in [-0.4, -0.2) is 37.6 Å². The molecule has 4 heteroatoms. The third kappa shape index (κ3) is 4.78. The van der Waals surface area contributed by atoms with E-state index in [1.54, 1.807) is 4.90 Å². The average Bonchev–Trinajstić information content (AvgIpc) is 2.68. The number of likely N-dealkylation sites (N-methyl/N-ethyl adjacent to an activating group) is 1. The largest absolute Gasteiger partial charge is 0.484 e. The number of hydrogen-bond donors (Lipinski definition) is 0. The van der Waals surface area contributed by atoms with Gasteiger partial charge in [0.1, 0.15) is 5.75 Å². The summed E-state index contributed by atoms with van der Waals surface area (Å²) in [6.45, 7) is 4.93. The van der Waals surface area contributed by atoms with Crippen molar-refractivity contribution in [3.63, 3.8) is 0 Å². The zero-order chi connectivity index (χ0) is 18.4. The van der Waals surface area contributed by atoms with Gasteiger partial charge in [0.2, 0.25) is 0 Å². The van der Waals surface area contributed by atoms with Gasteiger partial charge in [0.05, 0.1) is 0 Å². The lowest BCUT2D eigenvalue weighted by molar-refractivity contribution is -0.132. The number of benzene rings is 2. The summed E-state index contributed by atoms with van der Waals surface area (Å²) in [5, 5.41) is 0. The highest BCUT2D eigenvalue weighted by atomic mass is 16.5. The van der Waals surface area contributed by atoms with E-state index in [-0.39, 0.29) is 12.5 Å². The van der Waals surface area contributed by atoms with Crippen LogP contribution in [0.4, 0.5) is 5.69 Å². The van der Waals surface area contributed by atoms with Crippen LogP contribution in [0.15, 0.2) is 48.5 Å². The van der Waals surface area contributed by atoms with Crippen molar-refractivity contribution < 1.29 is 9.53 Å². The fourth-order valence-corrected chi connectivity index (χ4v) is 3.29. The van der Waals surface area contributed by atoms with E-state index in [4.69, 9.17) is 4.74 Å². The normalized spacial score (nSPS) is 14.2. The molecule has 0 atom stereocenters. The first-order chi connectivity index (χ1) is 12.6. The number of aryl methyl sites for hydroxylation is 1. The Balaban J connectivity index is 1.51. The summed E-state index contributed by atoms with van der Waals surface area (Å²) in [4.78, 5) is 16.5. The second-order valence-electron chi connectivity index (χ2n) is 7.02. The maximum atomic E-state index is 12.3. The molecule has 1 fully saturated rings. The van der Waals surface area contributed by atoms with E-state index in [9.17, 15) is 4.79 Å². The SMILES string of the molecule is Cc1ccccc1OCC(=O)N(C)Cc1ccc(N2CCCCC2)cc1. The van der Waals surface area contributed by atoms with Gasteiger partial charge in [-0.3, -0.25) is 4.79 Å². The second-order valence-corrected chi connectivity index (χ2v) is 7.02. The summed E-state index contributed by atoms with van der Waals surface area (Å²) in [6.07, 6.45) is 3.89. The highest BCUT2D eigenvalue weighted by molar-refractivity contribution is 5.77. The van der Waals surface area contributed by atoms with E-state index in [1.165, 1.54) is 24.9 Å². The molecule has 138 valence electrons. The fraction of sp³-hybridized carbons (Fsp3) is 0.409. The molecule has 0 bridgehead atoms. The lowest BCUT2D eigenvalue weighted by Crippen LogP contribution is -2.31. The maximum Gasteiger partial charge on any atom is 0.260 e. The van der Waals surface area contributed by atoms with Crippen LogP contribution >= 0.6 is 0 Å². The molecular formula is C22H28N2O2. The van der Waals surface area contributed by atoms with Crippen molar-refractivity contribution in [3.05, 3.63) is 59.7 Å². The van der Waals surface area contributed by atoms with Crippen molar-refractivity contribution in [2.75, 3.05) is 31.6 Å². The van der Waals surface area contributed by atoms with Crippen LogP contribution in [0, 0.1) is 6.92 Å². The third-order valence-electron chi connectivity index (χ3n) is 4.95. The van der Waals surface area contributed by atoms with Crippen LogP contribution in [0.3, 0.4) is 0 Å². The number of carbonyl (C=O) groups excluding carboxylic acids is 1. The molecule has 26 heavy (non-hydrogen) atoms. The number of amides is 1. The van der Waals surface area contributed by atoms with Gasteiger partial charge in [-0.25, -0.2) is 0 Å². The average molecular weight is 352 g/mol. The Morgan fingerprint density at radius 1 is 1.04 bits per heavy atom. The number of rotatable bonds is 6.